The summed E-state index contributed by atoms with van der Waals surface area (Å²) in [5, 5.41) is 16.3. The fourth-order valence-corrected chi connectivity index (χ4v) is 5.69. The van der Waals surface area contributed by atoms with Crippen LogP contribution in [0.25, 0.3) is 16.9 Å². The van der Waals surface area contributed by atoms with Gasteiger partial charge in [-0.2, -0.15) is 0 Å². The number of rotatable bonds is 5. The third-order valence-corrected chi connectivity index (χ3v) is 7.52. The molecule has 10 nitrogen and oxygen atoms in total. The van der Waals surface area contributed by atoms with Gasteiger partial charge in [-0.3, -0.25) is 18.9 Å². The van der Waals surface area contributed by atoms with Crippen LogP contribution < -0.4 is 20.9 Å². The topological polar surface area (TPSA) is 111 Å². The van der Waals surface area contributed by atoms with Crippen LogP contribution in [0.15, 0.2) is 58.4 Å². The van der Waals surface area contributed by atoms with E-state index in [-0.39, 0.29) is 36.0 Å². The van der Waals surface area contributed by atoms with Gasteiger partial charge < -0.3 is 9.84 Å². The second-order valence-corrected chi connectivity index (χ2v) is 10.4. The average molecular weight is 522 g/mol. The van der Waals surface area contributed by atoms with Crippen molar-refractivity contribution in [3.8, 4) is 17.0 Å². The molecule has 6 rings (SSSR count). The van der Waals surface area contributed by atoms with Gasteiger partial charge in [-0.05, 0) is 56.5 Å². The van der Waals surface area contributed by atoms with Gasteiger partial charge in [-0.15, -0.1) is 5.10 Å². The molecule has 1 atom stereocenters. The summed E-state index contributed by atoms with van der Waals surface area (Å²) in [5.74, 6) is -0.786. The number of hydrogen-bond acceptors (Lipinski definition) is 6. The molecule has 0 spiro atoms. The lowest BCUT2D eigenvalue weighted by molar-refractivity contribution is 0.0694. The molecule has 37 heavy (non-hydrogen) atoms. The molecular weight excluding hydrogens is 498 g/mol. The van der Waals surface area contributed by atoms with Crippen LogP contribution in [0, 0.1) is 0 Å². The molecule has 1 aromatic carbocycles. The number of benzene rings is 1. The van der Waals surface area contributed by atoms with Crippen molar-refractivity contribution in [2.45, 2.75) is 44.8 Å². The maximum atomic E-state index is 12.6. The molecule has 5 heterocycles. The number of carboxylic acid groups (broad SMARTS) is 1. The Morgan fingerprint density at radius 3 is 2.81 bits per heavy atom. The molecule has 1 N–H and O–H groups in total. The van der Waals surface area contributed by atoms with Gasteiger partial charge in [0.2, 0.25) is 0 Å². The summed E-state index contributed by atoms with van der Waals surface area (Å²) in [5.41, 5.74) is 1.51. The zero-order valence-corrected chi connectivity index (χ0v) is 21.0. The number of carboxylic acids is 1. The number of aromatic carboxylic acids is 1. The number of ether oxygens (including phenoxy) is 1. The van der Waals surface area contributed by atoms with Gasteiger partial charge in [-0.1, -0.05) is 17.7 Å². The number of nitrogens with zero attached hydrogens (tertiary/aromatic N) is 5. The highest BCUT2D eigenvalue weighted by Crippen LogP contribution is 2.49. The fraction of sp³-hybridized carbons (Fsp3) is 0.308. The van der Waals surface area contributed by atoms with Crippen LogP contribution in [0.4, 0.5) is 0 Å². The number of fused-ring (bicyclic) bond motifs is 7. The van der Waals surface area contributed by atoms with E-state index in [1.54, 1.807) is 29.1 Å². The average Bonchev–Trinajstić information content (AvgIpc) is 3.35. The molecule has 2 aliphatic rings. The van der Waals surface area contributed by atoms with Crippen molar-refractivity contribution in [3.05, 3.63) is 85.6 Å². The number of pyridine rings is 2. The van der Waals surface area contributed by atoms with Crippen LogP contribution in [0.5, 0.6) is 5.75 Å². The zero-order chi connectivity index (χ0) is 26.1. The maximum absolute atomic E-state index is 12.6. The normalized spacial score (nSPS) is 17.4. The molecule has 0 radical (unpaired) electrons. The highest BCUT2D eigenvalue weighted by molar-refractivity contribution is 6.32. The molecule has 0 amide bonds. The van der Waals surface area contributed by atoms with Crippen LogP contribution in [0.1, 0.15) is 48.7 Å². The second kappa shape index (κ2) is 8.24. The summed E-state index contributed by atoms with van der Waals surface area (Å²) < 4.78 is 10.6. The van der Waals surface area contributed by atoms with Gasteiger partial charge in [0.25, 0.3) is 0 Å². The largest absolute Gasteiger partial charge is 0.490 e. The number of hydrogen-bond donors (Lipinski definition) is 1. The predicted molar refractivity (Wildman–Crippen MR) is 137 cm³/mol. The Kier molecular flexibility index (Phi) is 5.20. The van der Waals surface area contributed by atoms with Gasteiger partial charge in [-0.25, -0.2) is 14.3 Å². The minimum absolute atomic E-state index is 0.0534. The molecule has 3 aromatic heterocycles. The Bertz CT molecular complexity index is 1700. The molecule has 0 saturated carbocycles. The van der Waals surface area contributed by atoms with Crippen molar-refractivity contribution in [2.24, 2.45) is 0 Å². The Hall–Kier alpha value is -4.05. The van der Waals surface area contributed by atoms with Crippen molar-refractivity contribution in [3.63, 3.8) is 0 Å². The first-order valence-electron chi connectivity index (χ1n) is 12.0. The van der Waals surface area contributed by atoms with Gasteiger partial charge in [0.05, 0.1) is 28.8 Å². The molecule has 0 aliphatic carbocycles. The van der Waals surface area contributed by atoms with Crippen molar-refractivity contribution in [2.75, 3.05) is 11.6 Å². The summed E-state index contributed by atoms with van der Waals surface area (Å²) in [6, 6.07) is 10.3. The van der Waals surface area contributed by atoms with E-state index in [0.717, 1.165) is 24.0 Å². The molecular formula is C26H24ClN5O5. The van der Waals surface area contributed by atoms with Crippen molar-refractivity contribution in [1.29, 1.82) is 0 Å². The molecule has 1 fully saturated rings. The summed E-state index contributed by atoms with van der Waals surface area (Å²) in [6.45, 7) is 4.62. The number of halogens is 1. The molecule has 0 unspecified atom stereocenters. The zero-order valence-electron chi connectivity index (χ0n) is 20.2. The monoisotopic (exact) mass is 521 g/mol. The lowest BCUT2D eigenvalue weighted by Crippen LogP contribution is -2.50. The summed E-state index contributed by atoms with van der Waals surface area (Å²) in [6.07, 6.45) is 4.79. The lowest BCUT2D eigenvalue weighted by Gasteiger charge is -2.44. The second-order valence-electron chi connectivity index (χ2n) is 9.95. The van der Waals surface area contributed by atoms with Crippen molar-refractivity contribution in [1.82, 2.24) is 18.9 Å². The maximum Gasteiger partial charge on any atom is 0.350 e. The third-order valence-electron chi connectivity index (χ3n) is 7.23. The van der Waals surface area contributed by atoms with E-state index < -0.39 is 11.4 Å². The van der Waals surface area contributed by atoms with E-state index in [9.17, 15) is 19.5 Å². The SMILES string of the molecule is CC1(C)CC[C@@H]2c3cc(OCCn4nc5ccccn5c4=O)c(Cl)cc3-c3cc(=O)c(C(=O)O)cn3N21. The first-order valence-corrected chi connectivity index (χ1v) is 12.3. The quantitative estimate of drug-likeness (QED) is 0.429. The molecule has 2 aliphatic heterocycles. The standard InChI is InChI=1S/C26H24ClN5O5/c1-26(2)7-6-19-16-12-22(37-10-9-30-25(36)29-8-4-3-5-23(29)28-30)18(27)11-15(16)20-13-21(33)17(24(34)35)14-31(20)32(19)26/h3-5,8,11-14,19H,6-7,9-10H2,1-2H3,(H,34,35)/t19-/m1/s1. The van der Waals surface area contributed by atoms with Crippen molar-refractivity contribution >= 4 is 23.2 Å². The summed E-state index contributed by atoms with van der Waals surface area (Å²) in [4.78, 5) is 36.8. The van der Waals surface area contributed by atoms with Crippen LogP contribution in [0.3, 0.4) is 0 Å². The van der Waals surface area contributed by atoms with E-state index in [2.05, 4.69) is 24.0 Å². The Balaban J connectivity index is 1.37. The van der Waals surface area contributed by atoms with Gasteiger partial charge in [0.15, 0.2) is 11.1 Å². The van der Waals surface area contributed by atoms with Crippen molar-refractivity contribution < 1.29 is 14.6 Å². The lowest BCUT2D eigenvalue weighted by atomic mass is 9.94. The van der Waals surface area contributed by atoms with Gasteiger partial charge >= 0.3 is 11.7 Å². The predicted octanol–water partition coefficient (Wildman–Crippen LogP) is 3.32. The summed E-state index contributed by atoms with van der Waals surface area (Å²) in [7, 11) is 0. The molecule has 190 valence electrons. The van der Waals surface area contributed by atoms with E-state index in [0.29, 0.717) is 22.1 Å². The van der Waals surface area contributed by atoms with E-state index >= 15 is 0 Å². The van der Waals surface area contributed by atoms with Crippen LogP contribution in [-0.2, 0) is 6.54 Å². The van der Waals surface area contributed by atoms with Crippen LogP contribution >= 0.6 is 11.6 Å². The number of aromatic nitrogens is 4. The minimum atomic E-state index is -1.26. The van der Waals surface area contributed by atoms with Crippen LogP contribution in [0.2, 0.25) is 5.02 Å². The number of carbonyl (C=O) groups is 1. The van der Waals surface area contributed by atoms with Crippen LogP contribution in [-0.4, -0.2) is 42.1 Å². The van der Waals surface area contributed by atoms with E-state index in [1.165, 1.54) is 21.3 Å². The molecule has 11 heteroatoms. The third kappa shape index (κ3) is 3.62. The molecule has 0 bridgehead atoms. The minimum Gasteiger partial charge on any atom is -0.490 e. The summed E-state index contributed by atoms with van der Waals surface area (Å²) >= 11 is 6.62. The fourth-order valence-electron chi connectivity index (χ4n) is 5.47. The van der Waals surface area contributed by atoms with E-state index in [1.807, 2.05) is 12.1 Å². The Morgan fingerprint density at radius 2 is 2.05 bits per heavy atom. The molecule has 1 saturated heterocycles. The Morgan fingerprint density at radius 1 is 1.24 bits per heavy atom. The highest BCUT2D eigenvalue weighted by Gasteiger charge is 2.45. The first kappa shape index (κ1) is 23.4. The first-order chi connectivity index (χ1) is 17.7. The highest BCUT2D eigenvalue weighted by atomic mass is 35.5. The van der Waals surface area contributed by atoms with Gasteiger partial charge in [0, 0.05) is 24.0 Å². The van der Waals surface area contributed by atoms with Gasteiger partial charge in [0.1, 0.15) is 17.9 Å². The van der Waals surface area contributed by atoms with E-state index in [4.69, 9.17) is 16.3 Å². The smallest absolute Gasteiger partial charge is 0.350 e. The Labute approximate surface area is 215 Å². The molecule has 4 aromatic rings.